The molecule has 2 heteroatoms. The van der Waals surface area contributed by atoms with Gasteiger partial charge in [0.25, 0.3) is 0 Å². The molecular formula is C19H20O2. The van der Waals surface area contributed by atoms with Gasteiger partial charge in [0.05, 0.1) is 0 Å². The minimum Gasteiger partial charge on any atom is -0.458 e. The smallest absolute Gasteiger partial charge is 0.144 e. The van der Waals surface area contributed by atoms with Gasteiger partial charge in [-0.1, -0.05) is 35.4 Å². The van der Waals surface area contributed by atoms with Crippen molar-refractivity contribution in [2.75, 3.05) is 0 Å². The van der Waals surface area contributed by atoms with E-state index in [0.29, 0.717) is 5.76 Å². The standard InChI is InChI=1S/C19H20O2/c1-12-6-8-17-15(9-12)11-18(21-17)19(4,20)16-10-13(2)5-7-14(16)3/h5-11,20H,1-4H3. The number of fused-ring (bicyclic) bond motifs is 1. The van der Waals surface area contributed by atoms with Crippen LogP contribution in [0.3, 0.4) is 0 Å². The number of benzene rings is 2. The summed E-state index contributed by atoms with van der Waals surface area (Å²) in [5.74, 6) is 0.580. The van der Waals surface area contributed by atoms with Gasteiger partial charge in [-0.2, -0.15) is 0 Å². The molecule has 1 atom stereocenters. The van der Waals surface area contributed by atoms with Crippen molar-refractivity contribution in [1.29, 1.82) is 0 Å². The summed E-state index contributed by atoms with van der Waals surface area (Å²) in [6.07, 6.45) is 0. The van der Waals surface area contributed by atoms with E-state index in [4.69, 9.17) is 4.42 Å². The predicted molar refractivity (Wildman–Crippen MR) is 85.5 cm³/mol. The van der Waals surface area contributed by atoms with E-state index in [0.717, 1.165) is 27.7 Å². The molecule has 0 aliphatic carbocycles. The average Bonchev–Trinajstić information content (AvgIpc) is 2.85. The van der Waals surface area contributed by atoms with Crippen molar-refractivity contribution in [2.45, 2.75) is 33.3 Å². The minimum atomic E-state index is -1.14. The lowest BCUT2D eigenvalue weighted by Crippen LogP contribution is -2.23. The maximum absolute atomic E-state index is 11.0. The lowest BCUT2D eigenvalue weighted by Gasteiger charge is -2.23. The zero-order valence-corrected chi connectivity index (χ0v) is 12.9. The molecule has 0 radical (unpaired) electrons. The normalized spacial score (nSPS) is 14.3. The zero-order valence-electron chi connectivity index (χ0n) is 12.9. The number of hydrogen-bond acceptors (Lipinski definition) is 2. The second-order valence-corrected chi connectivity index (χ2v) is 6.04. The molecule has 2 aromatic carbocycles. The highest BCUT2D eigenvalue weighted by molar-refractivity contribution is 5.79. The Labute approximate surface area is 125 Å². The third-order valence-electron chi connectivity index (χ3n) is 4.07. The van der Waals surface area contributed by atoms with Crippen molar-refractivity contribution in [2.24, 2.45) is 0 Å². The zero-order chi connectivity index (χ0) is 15.2. The van der Waals surface area contributed by atoms with Gasteiger partial charge >= 0.3 is 0 Å². The van der Waals surface area contributed by atoms with E-state index in [1.165, 1.54) is 5.56 Å². The Bertz CT molecular complexity index is 810. The molecule has 3 rings (SSSR count). The molecule has 1 unspecified atom stereocenters. The molecule has 0 aliphatic heterocycles. The van der Waals surface area contributed by atoms with Gasteiger partial charge in [0.15, 0.2) is 0 Å². The Morgan fingerprint density at radius 1 is 0.905 bits per heavy atom. The molecule has 0 amide bonds. The van der Waals surface area contributed by atoms with Crippen molar-refractivity contribution >= 4 is 11.0 Å². The van der Waals surface area contributed by atoms with Crippen LogP contribution in [0.15, 0.2) is 46.9 Å². The van der Waals surface area contributed by atoms with E-state index < -0.39 is 5.60 Å². The summed E-state index contributed by atoms with van der Waals surface area (Å²) in [4.78, 5) is 0. The summed E-state index contributed by atoms with van der Waals surface area (Å²) in [6, 6.07) is 14.1. The molecular weight excluding hydrogens is 260 g/mol. The van der Waals surface area contributed by atoms with Gasteiger partial charge in [-0.05, 0) is 57.0 Å². The second-order valence-electron chi connectivity index (χ2n) is 6.04. The van der Waals surface area contributed by atoms with Crippen LogP contribution in [0.25, 0.3) is 11.0 Å². The van der Waals surface area contributed by atoms with Gasteiger partial charge in [0.2, 0.25) is 0 Å². The van der Waals surface area contributed by atoms with Crippen LogP contribution in [-0.4, -0.2) is 5.11 Å². The Hall–Kier alpha value is -2.06. The molecule has 0 aliphatic rings. The summed E-state index contributed by atoms with van der Waals surface area (Å²) in [6.45, 7) is 7.88. The minimum absolute atomic E-state index is 0.580. The second kappa shape index (κ2) is 4.74. The van der Waals surface area contributed by atoms with Crippen LogP contribution in [0.4, 0.5) is 0 Å². The van der Waals surface area contributed by atoms with Crippen LogP contribution in [0.1, 0.15) is 34.9 Å². The van der Waals surface area contributed by atoms with E-state index in [-0.39, 0.29) is 0 Å². The van der Waals surface area contributed by atoms with Crippen molar-refractivity contribution in [3.05, 3.63) is 70.5 Å². The Morgan fingerprint density at radius 2 is 1.57 bits per heavy atom. The molecule has 1 N–H and O–H groups in total. The van der Waals surface area contributed by atoms with Crippen LogP contribution >= 0.6 is 0 Å². The van der Waals surface area contributed by atoms with E-state index in [2.05, 4.69) is 19.1 Å². The van der Waals surface area contributed by atoms with Crippen LogP contribution in [0, 0.1) is 20.8 Å². The third kappa shape index (κ3) is 2.36. The molecule has 108 valence electrons. The topological polar surface area (TPSA) is 33.4 Å². The Balaban J connectivity index is 2.17. The number of aliphatic hydroxyl groups is 1. The quantitative estimate of drug-likeness (QED) is 0.743. The average molecular weight is 280 g/mol. The first kappa shape index (κ1) is 13.9. The van der Waals surface area contributed by atoms with Crippen molar-refractivity contribution in [3.63, 3.8) is 0 Å². The Kier molecular flexibility index (Phi) is 3.14. The number of rotatable bonds is 2. The van der Waals surface area contributed by atoms with Gasteiger partial charge in [-0.25, -0.2) is 0 Å². The molecule has 0 saturated carbocycles. The first-order chi connectivity index (χ1) is 9.88. The molecule has 2 nitrogen and oxygen atoms in total. The number of furan rings is 1. The van der Waals surface area contributed by atoms with E-state index >= 15 is 0 Å². The van der Waals surface area contributed by atoms with Crippen LogP contribution in [0.2, 0.25) is 0 Å². The largest absolute Gasteiger partial charge is 0.458 e. The van der Waals surface area contributed by atoms with Crippen LogP contribution in [-0.2, 0) is 5.60 Å². The molecule has 21 heavy (non-hydrogen) atoms. The van der Waals surface area contributed by atoms with Crippen molar-refractivity contribution in [3.8, 4) is 0 Å². The summed E-state index contributed by atoms with van der Waals surface area (Å²) < 4.78 is 5.89. The van der Waals surface area contributed by atoms with E-state index in [1.807, 2.05) is 44.2 Å². The fraction of sp³-hybridized carbons (Fsp3) is 0.263. The highest BCUT2D eigenvalue weighted by atomic mass is 16.4. The van der Waals surface area contributed by atoms with Crippen LogP contribution < -0.4 is 0 Å². The van der Waals surface area contributed by atoms with Gasteiger partial charge in [-0.3, -0.25) is 0 Å². The molecule has 0 saturated heterocycles. The van der Waals surface area contributed by atoms with Gasteiger partial charge in [0, 0.05) is 5.39 Å². The molecule has 0 spiro atoms. The SMILES string of the molecule is Cc1ccc(C)c(C(C)(O)c2cc3cc(C)ccc3o2)c1. The fourth-order valence-electron chi connectivity index (χ4n) is 2.80. The van der Waals surface area contributed by atoms with Crippen molar-refractivity contribution in [1.82, 2.24) is 0 Å². The monoisotopic (exact) mass is 280 g/mol. The molecule has 0 bridgehead atoms. The highest BCUT2D eigenvalue weighted by Gasteiger charge is 2.31. The summed E-state index contributed by atoms with van der Waals surface area (Å²) in [5, 5.41) is 12.1. The molecule has 0 fully saturated rings. The van der Waals surface area contributed by atoms with Crippen LogP contribution in [0.5, 0.6) is 0 Å². The molecule has 1 aromatic heterocycles. The number of hydrogen-bond donors (Lipinski definition) is 1. The first-order valence-electron chi connectivity index (χ1n) is 7.19. The first-order valence-corrected chi connectivity index (χ1v) is 7.19. The van der Waals surface area contributed by atoms with E-state index in [1.54, 1.807) is 6.92 Å². The Morgan fingerprint density at radius 3 is 2.33 bits per heavy atom. The van der Waals surface area contributed by atoms with Crippen molar-refractivity contribution < 1.29 is 9.52 Å². The predicted octanol–water partition coefficient (Wildman–Crippen LogP) is 4.61. The summed E-state index contributed by atoms with van der Waals surface area (Å²) in [7, 11) is 0. The highest BCUT2D eigenvalue weighted by Crippen LogP contribution is 2.35. The number of aryl methyl sites for hydroxylation is 3. The third-order valence-corrected chi connectivity index (χ3v) is 4.07. The maximum atomic E-state index is 11.0. The molecule has 3 aromatic rings. The lowest BCUT2D eigenvalue weighted by atomic mass is 9.88. The molecule has 1 heterocycles. The van der Waals surface area contributed by atoms with E-state index in [9.17, 15) is 5.11 Å². The maximum Gasteiger partial charge on any atom is 0.144 e. The summed E-state index contributed by atoms with van der Waals surface area (Å²) in [5.41, 5.74) is 3.92. The summed E-state index contributed by atoms with van der Waals surface area (Å²) >= 11 is 0. The van der Waals surface area contributed by atoms with Gasteiger partial charge in [-0.15, -0.1) is 0 Å². The van der Waals surface area contributed by atoms with Gasteiger partial charge in [0.1, 0.15) is 16.9 Å². The lowest BCUT2D eigenvalue weighted by molar-refractivity contribution is 0.0779. The fourth-order valence-corrected chi connectivity index (χ4v) is 2.80. The van der Waals surface area contributed by atoms with Gasteiger partial charge < -0.3 is 9.52 Å².